The second-order valence-corrected chi connectivity index (χ2v) is 4.82. The number of para-hydroxylation sites is 1. The van der Waals surface area contributed by atoms with E-state index in [4.69, 9.17) is 5.73 Å². The molecule has 0 spiro atoms. The molecule has 0 saturated heterocycles. The van der Waals surface area contributed by atoms with E-state index in [2.05, 4.69) is 49.6 Å². The number of benzene rings is 1. The third-order valence-corrected chi connectivity index (χ3v) is 3.09. The molecule has 2 nitrogen and oxygen atoms in total. The molecule has 1 aromatic carbocycles. The molecule has 0 aliphatic heterocycles. The maximum atomic E-state index is 6.04. The molecule has 2 heteroatoms. The highest BCUT2D eigenvalue weighted by Crippen LogP contribution is 2.29. The van der Waals surface area contributed by atoms with Crippen LogP contribution in [0.25, 0.3) is 10.9 Å². The molecule has 0 aliphatic rings. The van der Waals surface area contributed by atoms with E-state index in [9.17, 15) is 0 Å². The maximum absolute atomic E-state index is 6.04. The molecule has 1 aromatic heterocycles. The monoisotopic (exact) mass is 216 g/mol. The van der Waals surface area contributed by atoms with Gasteiger partial charge in [0.1, 0.15) is 0 Å². The Balaban J connectivity index is 2.83. The molecular weight excluding hydrogens is 196 g/mol. The van der Waals surface area contributed by atoms with Crippen molar-refractivity contribution < 1.29 is 0 Å². The van der Waals surface area contributed by atoms with Gasteiger partial charge in [0, 0.05) is 23.2 Å². The Morgan fingerprint density at radius 3 is 2.44 bits per heavy atom. The minimum absolute atomic E-state index is 0.0792. The fraction of sp³-hybridized carbons (Fsp3) is 0.429. The smallest absolute Gasteiger partial charge is 0.0533 e. The highest BCUT2D eigenvalue weighted by molar-refractivity contribution is 5.85. The zero-order chi connectivity index (χ0) is 11.9. The van der Waals surface area contributed by atoms with Gasteiger partial charge in [-0.1, -0.05) is 18.2 Å². The zero-order valence-corrected chi connectivity index (χ0v) is 10.5. The minimum Gasteiger partial charge on any atom is -0.342 e. The Kier molecular flexibility index (Phi) is 2.76. The second-order valence-electron chi connectivity index (χ2n) is 4.82. The average molecular weight is 216 g/mol. The van der Waals surface area contributed by atoms with E-state index in [1.165, 1.54) is 22.2 Å². The van der Waals surface area contributed by atoms with Crippen LogP contribution in [0.1, 0.15) is 44.1 Å². The molecule has 16 heavy (non-hydrogen) atoms. The van der Waals surface area contributed by atoms with E-state index in [0.29, 0.717) is 6.04 Å². The molecule has 2 aromatic rings. The molecule has 0 bridgehead atoms. The number of aryl methyl sites for hydroxylation is 1. The van der Waals surface area contributed by atoms with Crippen molar-refractivity contribution >= 4 is 10.9 Å². The first-order valence-corrected chi connectivity index (χ1v) is 5.88. The fourth-order valence-corrected chi connectivity index (χ4v) is 2.48. The summed E-state index contributed by atoms with van der Waals surface area (Å²) < 4.78 is 2.37. The molecular formula is C14H20N2. The Morgan fingerprint density at radius 2 is 1.88 bits per heavy atom. The van der Waals surface area contributed by atoms with Gasteiger partial charge in [0.25, 0.3) is 0 Å². The summed E-state index contributed by atoms with van der Waals surface area (Å²) in [4.78, 5) is 0. The van der Waals surface area contributed by atoms with E-state index in [0.717, 1.165) is 0 Å². The number of rotatable bonds is 2. The van der Waals surface area contributed by atoms with E-state index >= 15 is 0 Å². The maximum Gasteiger partial charge on any atom is 0.0533 e. The van der Waals surface area contributed by atoms with Crippen molar-refractivity contribution in [1.82, 2.24) is 4.57 Å². The van der Waals surface area contributed by atoms with Gasteiger partial charge in [0.2, 0.25) is 0 Å². The predicted molar refractivity (Wildman–Crippen MR) is 69.7 cm³/mol. The lowest BCUT2D eigenvalue weighted by Gasteiger charge is -2.16. The molecule has 1 heterocycles. The van der Waals surface area contributed by atoms with Gasteiger partial charge in [-0.2, -0.15) is 0 Å². The Labute approximate surface area is 97.1 Å². The molecule has 86 valence electrons. The van der Waals surface area contributed by atoms with Crippen molar-refractivity contribution in [3.05, 3.63) is 35.5 Å². The minimum atomic E-state index is 0.0792. The molecule has 0 saturated carbocycles. The number of hydrogen-bond acceptors (Lipinski definition) is 1. The summed E-state index contributed by atoms with van der Waals surface area (Å²) in [5.74, 6) is 0. The highest BCUT2D eigenvalue weighted by Gasteiger charge is 2.13. The van der Waals surface area contributed by atoms with Crippen LogP contribution in [0.3, 0.4) is 0 Å². The second kappa shape index (κ2) is 3.95. The molecule has 1 atom stereocenters. The van der Waals surface area contributed by atoms with Gasteiger partial charge in [0.05, 0.1) is 5.52 Å². The largest absolute Gasteiger partial charge is 0.342 e. The van der Waals surface area contributed by atoms with E-state index in [1.54, 1.807) is 0 Å². The molecule has 0 radical (unpaired) electrons. The van der Waals surface area contributed by atoms with Crippen LogP contribution in [0, 0.1) is 6.92 Å². The third-order valence-electron chi connectivity index (χ3n) is 3.09. The lowest BCUT2D eigenvalue weighted by Crippen LogP contribution is -2.09. The van der Waals surface area contributed by atoms with E-state index in [1.807, 2.05) is 6.92 Å². The lowest BCUT2D eigenvalue weighted by atomic mass is 10.1. The van der Waals surface area contributed by atoms with E-state index in [-0.39, 0.29) is 6.04 Å². The summed E-state index contributed by atoms with van der Waals surface area (Å²) in [6.45, 7) is 8.63. The van der Waals surface area contributed by atoms with Crippen LogP contribution in [-0.4, -0.2) is 4.57 Å². The summed E-state index contributed by atoms with van der Waals surface area (Å²) in [7, 11) is 0. The van der Waals surface area contributed by atoms with Crippen molar-refractivity contribution in [2.24, 2.45) is 5.73 Å². The standard InChI is InChI=1S/C14H20N2/c1-9(2)16-10(3)8-12-6-5-7-13(11(4)15)14(12)16/h5-9,11H,15H2,1-4H3. The summed E-state index contributed by atoms with van der Waals surface area (Å²) in [5.41, 5.74) is 9.88. The first-order valence-electron chi connectivity index (χ1n) is 5.88. The Bertz CT molecular complexity index is 507. The van der Waals surface area contributed by atoms with Gasteiger partial charge in [-0.3, -0.25) is 0 Å². The molecule has 0 amide bonds. The topological polar surface area (TPSA) is 30.9 Å². The summed E-state index contributed by atoms with van der Waals surface area (Å²) >= 11 is 0. The summed E-state index contributed by atoms with van der Waals surface area (Å²) in [6.07, 6.45) is 0. The predicted octanol–water partition coefficient (Wildman–Crippen LogP) is 3.55. The Hall–Kier alpha value is -1.28. The first-order chi connectivity index (χ1) is 7.52. The number of aromatic nitrogens is 1. The van der Waals surface area contributed by atoms with Gasteiger partial charge >= 0.3 is 0 Å². The van der Waals surface area contributed by atoms with E-state index < -0.39 is 0 Å². The van der Waals surface area contributed by atoms with Crippen LogP contribution in [0.5, 0.6) is 0 Å². The first kappa shape index (κ1) is 11.2. The van der Waals surface area contributed by atoms with Gasteiger partial charge in [-0.15, -0.1) is 0 Å². The van der Waals surface area contributed by atoms with Gasteiger partial charge in [-0.05, 0) is 39.3 Å². The lowest BCUT2D eigenvalue weighted by molar-refractivity contribution is 0.604. The number of nitrogens with zero attached hydrogens (tertiary/aromatic N) is 1. The van der Waals surface area contributed by atoms with Gasteiger partial charge in [-0.25, -0.2) is 0 Å². The van der Waals surface area contributed by atoms with Crippen molar-refractivity contribution in [1.29, 1.82) is 0 Å². The van der Waals surface area contributed by atoms with Crippen LogP contribution in [-0.2, 0) is 0 Å². The molecule has 2 rings (SSSR count). The molecule has 0 aliphatic carbocycles. The van der Waals surface area contributed by atoms with Gasteiger partial charge in [0.15, 0.2) is 0 Å². The summed E-state index contributed by atoms with van der Waals surface area (Å²) in [5, 5.41) is 1.29. The number of nitrogens with two attached hydrogens (primary N) is 1. The highest BCUT2D eigenvalue weighted by atomic mass is 15.0. The average Bonchev–Trinajstić information content (AvgIpc) is 2.52. The third kappa shape index (κ3) is 1.63. The van der Waals surface area contributed by atoms with Crippen molar-refractivity contribution in [3.8, 4) is 0 Å². The number of hydrogen-bond donors (Lipinski definition) is 1. The fourth-order valence-electron chi connectivity index (χ4n) is 2.48. The van der Waals surface area contributed by atoms with Crippen molar-refractivity contribution in [2.45, 2.75) is 39.8 Å². The quantitative estimate of drug-likeness (QED) is 0.817. The molecule has 2 N–H and O–H groups in total. The van der Waals surface area contributed by atoms with Crippen molar-refractivity contribution in [2.75, 3.05) is 0 Å². The normalized spacial score (nSPS) is 13.6. The van der Waals surface area contributed by atoms with Gasteiger partial charge < -0.3 is 10.3 Å². The van der Waals surface area contributed by atoms with Crippen LogP contribution in [0.15, 0.2) is 24.3 Å². The summed E-state index contributed by atoms with van der Waals surface area (Å²) in [6, 6.07) is 9.16. The molecule has 0 fully saturated rings. The van der Waals surface area contributed by atoms with Crippen molar-refractivity contribution in [3.63, 3.8) is 0 Å². The SMILES string of the molecule is Cc1cc2cccc(C(C)N)c2n1C(C)C. The van der Waals surface area contributed by atoms with Crippen LogP contribution in [0.2, 0.25) is 0 Å². The zero-order valence-electron chi connectivity index (χ0n) is 10.5. The number of fused-ring (bicyclic) bond motifs is 1. The molecule has 1 unspecified atom stereocenters. The Morgan fingerprint density at radius 1 is 1.19 bits per heavy atom. The van der Waals surface area contributed by atoms with Crippen LogP contribution in [0.4, 0.5) is 0 Å². The van der Waals surface area contributed by atoms with Crippen LogP contribution < -0.4 is 5.73 Å². The van der Waals surface area contributed by atoms with Crippen LogP contribution >= 0.6 is 0 Å².